The van der Waals surface area contributed by atoms with Crippen LogP contribution in [0.4, 0.5) is 0 Å². The molecule has 0 amide bonds. The van der Waals surface area contributed by atoms with Gasteiger partial charge in [0.2, 0.25) is 0 Å². The zero-order chi connectivity index (χ0) is 12.3. The maximum absolute atomic E-state index is 11.1. The van der Waals surface area contributed by atoms with Crippen LogP contribution in [0, 0.1) is 0 Å². The predicted octanol–water partition coefficient (Wildman–Crippen LogP) is 0.293. The summed E-state index contributed by atoms with van der Waals surface area (Å²) in [5.41, 5.74) is 0. The molecule has 0 aliphatic heterocycles. The van der Waals surface area contributed by atoms with Crippen LogP contribution in [-0.2, 0) is 11.1 Å². The fourth-order valence-electron chi connectivity index (χ4n) is 2.07. The normalized spacial score (nSPS) is 17.9. The minimum atomic E-state index is -2.31. The van der Waals surface area contributed by atoms with E-state index in [9.17, 15) is 8.76 Å². The molecule has 94 valence electrons. The molecule has 6 heteroatoms. The molecule has 1 aliphatic rings. The van der Waals surface area contributed by atoms with Crippen LogP contribution in [0.25, 0.3) is 0 Å². The van der Waals surface area contributed by atoms with Gasteiger partial charge in [0.05, 0.1) is 11.0 Å². The molecule has 1 atom stereocenters. The van der Waals surface area contributed by atoms with E-state index in [0.29, 0.717) is 10.8 Å². The van der Waals surface area contributed by atoms with Crippen LogP contribution in [0.2, 0.25) is 5.02 Å². The molecule has 1 aromatic carbocycles. The molecule has 1 fully saturated rings. The smallest absolute Gasteiger partial charge is 0.768 e. The molecular weight excluding hydrogens is 283 g/mol. The van der Waals surface area contributed by atoms with Gasteiger partial charge in [0.15, 0.2) is 0 Å². The Balaban J connectivity index is 0.00000162. The van der Waals surface area contributed by atoms with Gasteiger partial charge in [-0.15, -0.1) is 0 Å². The van der Waals surface area contributed by atoms with Crippen LogP contribution >= 0.6 is 11.6 Å². The van der Waals surface area contributed by atoms with Crippen LogP contribution in [0.3, 0.4) is 0 Å². The molecule has 1 saturated carbocycles. The number of rotatable bonds is 3. The average Bonchev–Trinajstić information content (AvgIpc) is 2.32. The van der Waals surface area contributed by atoms with Crippen LogP contribution in [-0.4, -0.2) is 14.9 Å². The number of ether oxygens (including phenoxy) is 1. The quantitative estimate of drug-likeness (QED) is 0.595. The molecule has 0 heterocycles. The van der Waals surface area contributed by atoms with Gasteiger partial charge in [-0.2, -0.15) is 0 Å². The van der Waals surface area contributed by atoms with Gasteiger partial charge in [-0.1, -0.05) is 18.0 Å². The van der Waals surface area contributed by atoms with Crippen molar-refractivity contribution in [3.8, 4) is 5.75 Å². The Labute approximate surface area is 137 Å². The van der Waals surface area contributed by atoms with Crippen LogP contribution in [0.5, 0.6) is 5.75 Å². The van der Waals surface area contributed by atoms with Crippen molar-refractivity contribution in [1.29, 1.82) is 0 Å². The zero-order valence-electron chi connectivity index (χ0n) is 10.4. The largest absolute Gasteiger partial charge is 1.00 e. The van der Waals surface area contributed by atoms with Gasteiger partial charge in [0.1, 0.15) is 5.75 Å². The number of halogens is 1. The van der Waals surface area contributed by atoms with E-state index in [1.165, 1.54) is 12.5 Å². The Kier molecular flexibility index (Phi) is 7.21. The number of hydrogen-bond acceptors (Lipinski definition) is 3. The predicted molar refractivity (Wildman–Crippen MR) is 66.1 cm³/mol. The monoisotopic (exact) mass is 296 g/mol. The fourth-order valence-corrected chi connectivity index (χ4v) is 2.81. The Morgan fingerprint density at radius 2 is 1.94 bits per heavy atom. The molecule has 1 aliphatic carbocycles. The van der Waals surface area contributed by atoms with Crippen molar-refractivity contribution in [2.24, 2.45) is 0 Å². The Morgan fingerprint density at radius 3 is 2.56 bits per heavy atom. The van der Waals surface area contributed by atoms with Crippen LogP contribution in [0.1, 0.15) is 32.1 Å². The average molecular weight is 297 g/mol. The van der Waals surface area contributed by atoms with Gasteiger partial charge in [-0.25, -0.2) is 0 Å². The Hall–Kier alpha value is 0.420. The molecule has 0 saturated heterocycles. The van der Waals surface area contributed by atoms with Gasteiger partial charge >= 0.3 is 29.6 Å². The summed E-state index contributed by atoms with van der Waals surface area (Å²) in [5, 5.41) is 0.403. The van der Waals surface area contributed by atoms with E-state index in [1.54, 1.807) is 12.1 Å². The molecule has 1 unspecified atom stereocenters. The van der Waals surface area contributed by atoms with Crippen molar-refractivity contribution in [3.05, 3.63) is 23.2 Å². The van der Waals surface area contributed by atoms with E-state index in [0.717, 1.165) is 25.7 Å². The first kappa shape index (κ1) is 16.5. The summed E-state index contributed by atoms with van der Waals surface area (Å²) < 4.78 is 27.9. The maximum Gasteiger partial charge on any atom is 1.00 e. The molecule has 0 radical (unpaired) electrons. The van der Waals surface area contributed by atoms with E-state index in [4.69, 9.17) is 16.3 Å². The molecule has 1 aromatic rings. The SMILES string of the molecule is O=S([O-])c1cc(Cl)ccc1OC1CCCCC1.[Na+]. The molecule has 0 bridgehead atoms. The molecule has 2 rings (SSSR count). The van der Waals surface area contributed by atoms with Gasteiger partial charge in [0.25, 0.3) is 0 Å². The van der Waals surface area contributed by atoms with E-state index in [2.05, 4.69) is 0 Å². The van der Waals surface area contributed by atoms with Crippen molar-refractivity contribution in [2.45, 2.75) is 43.1 Å². The van der Waals surface area contributed by atoms with E-state index in [-0.39, 0.29) is 40.6 Å². The third kappa shape index (κ3) is 4.51. The zero-order valence-corrected chi connectivity index (χ0v) is 13.9. The first-order chi connectivity index (χ1) is 8.16. The van der Waals surface area contributed by atoms with E-state index >= 15 is 0 Å². The maximum atomic E-state index is 11.1. The third-order valence-corrected chi connectivity index (χ3v) is 3.84. The second kappa shape index (κ2) is 7.88. The molecule has 18 heavy (non-hydrogen) atoms. The van der Waals surface area contributed by atoms with Crippen molar-refractivity contribution in [3.63, 3.8) is 0 Å². The summed E-state index contributed by atoms with van der Waals surface area (Å²) in [6.45, 7) is 0. The third-order valence-electron chi connectivity index (χ3n) is 2.93. The molecule has 0 N–H and O–H groups in total. The second-order valence-electron chi connectivity index (χ2n) is 4.20. The number of hydrogen-bond donors (Lipinski definition) is 0. The summed E-state index contributed by atoms with van der Waals surface area (Å²) in [4.78, 5) is 0.142. The minimum absolute atomic E-state index is 0. The minimum Gasteiger partial charge on any atom is -0.768 e. The van der Waals surface area contributed by atoms with Gasteiger partial charge in [0, 0.05) is 5.02 Å². The molecular formula is C12H14ClNaO3S. The Bertz CT molecular complexity index is 422. The summed E-state index contributed by atoms with van der Waals surface area (Å²) in [6.07, 6.45) is 5.65. The van der Waals surface area contributed by atoms with Crippen molar-refractivity contribution >= 4 is 22.7 Å². The van der Waals surface area contributed by atoms with Crippen LogP contribution in [0.15, 0.2) is 23.1 Å². The van der Waals surface area contributed by atoms with E-state index in [1.807, 2.05) is 0 Å². The standard InChI is InChI=1S/C12H15ClO3S.Na/c13-9-6-7-11(12(8-9)17(14)15)16-10-4-2-1-3-5-10;/h6-8,10H,1-5H2,(H,14,15);/q;+1/p-1. The molecule has 0 spiro atoms. The van der Waals surface area contributed by atoms with Crippen molar-refractivity contribution in [1.82, 2.24) is 0 Å². The molecule has 0 aromatic heterocycles. The first-order valence-electron chi connectivity index (χ1n) is 5.72. The summed E-state index contributed by atoms with van der Waals surface area (Å²) >= 11 is 3.46. The number of benzene rings is 1. The van der Waals surface area contributed by atoms with Crippen molar-refractivity contribution < 1.29 is 43.1 Å². The van der Waals surface area contributed by atoms with Crippen molar-refractivity contribution in [2.75, 3.05) is 0 Å². The summed E-state index contributed by atoms with van der Waals surface area (Å²) in [5.74, 6) is 0.412. The summed E-state index contributed by atoms with van der Waals surface area (Å²) in [7, 11) is 0. The topological polar surface area (TPSA) is 49.4 Å². The first-order valence-corrected chi connectivity index (χ1v) is 7.17. The fraction of sp³-hybridized carbons (Fsp3) is 0.500. The molecule has 3 nitrogen and oxygen atoms in total. The Morgan fingerprint density at radius 1 is 1.28 bits per heavy atom. The van der Waals surface area contributed by atoms with Gasteiger partial charge < -0.3 is 9.29 Å². The van der Waals surface area contributed by atoms with Gasteiger partial charge in [-0.05, 0) is 55.0 Å². The van der Waals surface area contributed by atoms with Gasteiger partial charge in [-0.3, -0.25) is 4.21 Å². The summed E-state index contributed by atoms with van der Waals surface area (Å²) in [6, 6.07) is 4.70. The second-order valence-corrected chi connectivity index (χ2v) is 5.55. The van der Waals surface area contributed by atoms with E-state index < -0.39 is 11.1 Å². The van der Waals surface area contributed by atoms with Crippen LogP contribution < -0.4 is 34.3 Å².